The molecule has 0 fully saturated rings. The molecule has 1 amide bonds. The summed E-state index contributed by atoms with van der Waals surface area (Å²) in [6, 6.07) is -1.28. The third-order valence-corrected chi connectivity index (χ3v) is 2.19. The van der Waals surface area contributed by atoms with Gasteiger partial charge < -0.3 is 21.3 Å². The number of rotatable bonds is 6. The molecule has 0 radical (unpaired) electrons. The van der Waals surface area contributed by atoms with E-state index in [1.54, 1.807) is 6.92 Å². The van der Waals surface area contributed by atoms with Crippen molar-refractivity contribution in [3.63, 3.8) is 0 Å². The fourth-order valence-electron chi connectivity index (χ4n) is 1.12. The topological polar surface area (TPSA) is 113 Å². The number of carbonyl (C=O) groups excluding carboxylic acids is 1. The van der Waals surface area contributed by atoms with Gasteiger partial charge in [-0.15, -0.1) is 0 Å². The van der Waals surface area contributed by atoms with Crippen LogP contribution in [0.5, 0.6) is 0 Å². The number of hydrogen-bond acceptors (Lipinski definition) is 4. The third-order valence-electron chi connectivity index (χ3n) is 2.19. The molecule has 6 nitrogen and oxygen atoms in total. The Morgan fingerprint density at radius 3 is 2.27 bits per heavy atom. The summed E-state index contributed by atoms with van der Waals surface area (Å²) in [5, 5.41) is 20.1. The molecule has 0 heterocycles. The maximum Gasteiger partial charge on any atom is 0.328 e. The first-order valence-electron chi connectivity index (χ1n) is 4.85. The van der Waals surface area contributed by atoms with Crippen LogP contribution in [-0.4, -0.2) is 40.8 Å². The van der Waals surface area contributed by atoms with Crippen LogP contribution in [-0.2, 0) is 9.59 Å². The van der Waals surface area contributed by atoms with E-state index in [1.807, 2.05) is 0 Å². The molecule has 0 saturated carbocycles. The van der Waals surface area contributed by atoms with Gasteiger partial charge in [0.05, 0.1) is 6.10 Å². The predicted octanol–water partition coefficient (Wildman–Crippen LogP) is -1.08. The van der Waals surface area contributed by atoms with Crippen LogP contribution in [0, 0.1) is 5.92 Å². The van der Waals surface area contributed by atoms with Crippen molar-refractivity contribution in [2.24, 2.45) is 11.7 Å². The van der Waals surface area contributed by atoms with Gasteiger partial charge in [-0.3, -0.25) is 4.79 Å². The van der Waals surface area contributed by atoms with Gasteiger partial charge in [-0.1, -0.05) is 6.92 Å². The smallest absolute Gasteiger partial charge is 0.328 e. The average molecular weight is 218 g/mol. The minimum atomic E-state index is -1.28. The molecule has 0 aromatic rings. The summed E-state index contributed by atoms with van der Waals surface area (Å²) in [5.74, 6) is -2.11. The highest BCUT2D eigenvalue weighted by Crippen LogP contribution is 2.02. The minimum Gasteiger partial charge on any atom is -0.480 e. The number of carboxylic acids is 1. The molecule has 0 rings (SSSR count). The highest BCUT2D eigenvalue weighted by Gasteiger charge is 2.27. The van der Waals surface area contributed by atoms with Crippen molar-refractivity contribution in [3.8, 4) is 0 Å². The first kappa shape index (κ1) is 13.9. The molecule has 0 saturated heterocycles. The Morgan fingerprint density at radius 2 is 2.00 bits per heavy atom. The molecule has 3 atom stereocenters. The zero-order valence-corrected chi connectivity index (χ0v) is 8.93. The van der Waals surface area contributed by atoms with Crippen molar-refractivity contribution >= 4 is 11.9 Å². The molecule has 5 N–H and O–H groups in total. The second-order valence-electron chi connectivity index (χ2n) is 3.41. The molecular formula is C9H18N2O4. The van der Waals surface area contributed by atoms with E-state index < -0.39 is 29.9 Å². The first-order chi connectivity index (χ1) is 6.93. The number of aliphatic carboxylic acids is 1. The number of aliphatic hydroxyl groups is 1. The summed E-state index contributed by atoms with van der Waals surface area (Å²) in [6.07, 6.45) is -0.601. The Kier molecular flexibility index (Phi) is 5.88. The van der Waals surface area contributed by atoms with Crippen LogP contribution < -0.4 is 11.1 Å². The van der Waals surface area contributed by atoms with E-state index in [2.05, 4.69) is 5.32 Å². The van der Waals surface area contributed by atoms with Gasteiger partial charge in [0.25, 0.3) is 0 Å². The van der Waals surface area contributed by atoms with Crippen LogP contribution >= 0.6 is 0 Å². The fourth-order valence-corrected chi connectivity index (χ4v) is 1.12. The van der Waals surface area contributed by atoms with Crippen molar-refractivity contribution in [2.75, 3.05) is 6.54 Å². The van der Waals surface area contributed by atoms with Crippen molar-refractivity contribution < 1.29 is 19.8 Å². The van der Waals surface area contributed by atoms with Gasteiger partial charge in [0.2, 0.25) is 5.91 Å². The Balaban J connectivity index is 4.41. The van der Waals surface area contributed by atoms with E-state index in [-0.39, 0.29) is 6.54 Å². The number of hydrogen-bond donors (Lipinski definition) is 4. The van der Waals surface area contributed by atoms with Crippen molar-refractivity contribution in [1.82, 2.24) is 5.32 Å². The molecule has 6 heteroatoms. The lowest BCUT2D eigenvalue weighted by Crippen LogP contribution is -2.50. The van der Waals surface area contributed by atoms with Gasteiger partial charge in [-0.05, 0) is 13.3 Å². The molecule has 0 aliphatic carbocycles. The SMILES string of the molecule is CCC(CN)C(=O)NC(C(=O)O)C(C)O. The molecule has 88 valence electrons. The van der Waals surface area contributed by atoms with Crippen molar-refractivity contribution in [1.29, 1.82) is 0 Å². The summed E-state index contributed by atoms with van der Waals surface area (Å²) < 4.78 is 0. The van der Waals surface area contributed by atoms with Crippen LogP contribution in [0.4, 0.5) is 0 Å². The van der Waals surface area contributed by atoms with Gasteiger partial charge in [-0.2, -0.15) is 0 Å². The zero-order chi connectivity index (χ0) is 12.0. The standard InChI is InChI=1S/C9H18N2O4/c1-3-6(4-10)8(13)11-7(5(2)12)9(14)15/h5-7,12H,3-4,10H2,1-2H3,(H,11,13)(H,14,15). The normalized spacial score (nSPS) is 16.5. The number of carboxylic acid groups (broad SMARTS) is 1. The largest absolute Gasteiger partial charge is 0.480 e. The average Bonchev–Trinajstić information content (AvgIpc) is 2.15. The van der Waals surface area contributed by atoms with E-state index in [0.717, 1.165) is 0 Å². The molecule has 0 aromatic carbocycles. The van der Waals surface area contributed by atoms with Crippen LogP contribution in [0.3, 0.4) is 0 Å². The predicted molar refractivity (Wildman–Crippen MR) is 54.1 cm³/mol. The van der Waals surface area contributed by atoms with E-state index >= 15 is 0 Å². The van der Waals surface area contributed by atoms with Crippen LogP contribution in [0.15, 0.2) is 0 Å². The molecule has 15 heavy (non-hydrogen) atoms. The van der Waals surface area contributed by atoms with E-state index in [4.69, 9.17) is 15.9 Å². The lowest BCUT2D eigenvalue weighted by atomic mass is 10.0. The van der Waals surface area contributed by atoms with Gasteiger partial charge in [0.15, 0.2) is 6.04 Å². The Labute approximate surface area is 88.5 Å². The monoisotopic (exact) mass is 218 g/mol. The highest BCUT2D eigenvalue weighted by atomic mass is 16.4. The van der Waals surface area contributed by atoms with Crippen LogP contribution in [0.1, 0.15) is 20.3 Å². The maximum atomic E-state index is 11.5. The molecule has 0 aromatic heterocycles. The number of nitrogens with two attached hydrogens (primary N) is 1. The van der Waals surface area contributed by atoms with Gasteiger partial charge in [0.1, 0.15) is 0 Å². The summed E-state index contributed by atoms with van der Waals surface area (Å²) in [5.41, 5.74) is 5.34. The third kappa shape index (κ3) is 4.26. The van der Waals surface area contributed by atoms with Crippen LogP contribution in [0.2, 0.25) is 0 Å². The number of carbonyl (C=O) groups is 2. The number of amides is 1. The Morgan fingerprint density at radius 1 is 1.47 bits per heavy atom. The molecule has 0 bridgehead atoms. The lowest BCUT2D eigenvalue weighted by Gasteiger charge is -2.20. The fraction of sp³-hybridized carbons (Fsp3) is 0.778. The minimum absolute atomic E-state index is 0.161. The number of nitrogens with one attached hydrogen (secondary N) is 1. The molecule has 0 aliphatic rings. The molecule has 3 unspecified atom stereocenters. The summed E-state index contributed by atoms with van der Waals surface area (Å²) in [7, 11) is 0. The second kappa shape index (κ2) is 6.36. The number of aliphatic hydroxyl groups excluding tert-OH is 1. The zero-order valence-electron chi connectivity index (χ0n) is 8.93. The Bertz CT molecular complexity index is 226. The van der Waals surface area contributed by atoms with Crippen molar-refractivity contribution in [3.05, 3.63) is 0 Å². The van der Waals surface area contributed by atoms with Gasteiger partial charge in [0, 0.05) is 12.5 Å². The highest BCUT2D eigenvalue weighted by molar-refractivity contribution is 5.85. The van der Waals surface area contributed by atoms with E-state index in [1.165, 1.54) is 6.92 Å². The van der Waals surface area contributed by atoms with E-state index in [9.17, 15) is 9.59 Å². The Hall–Kier alpha value is -1.14. The van der Waals surface area contributed by atoms with Crippen molar-refractivity contribution in [2.45, 2.75) is 32.4 Å². The molecule has 0 spiro atoms. The molecule has 0 aliphatic heterocycles. The van der Waals surface area contributed by atoms with Gasteiger partial charge in [-0.25, -0.2) is 4.79 Å². The second-order valence-corrected chi connectivity index (χ2v) is 3.41. The first-order valence-corrected chi connectivity index (χ1v) is 4.85. The summed E-state index contributed by atoms with van der Waals surface area (Å²) >= 11 is 0. The van der Waals surface area contributed by atoms with Gasteiger partial charge >= 0.3 is 5.97 Å². The quantitative estimate of drug-likeness (QED) is 0.453. The molecular weight excluding hydrogens is 200 g/mol. The lowest BCUT2D eigenvalue weighted by molar-refractivity contribution is -0.145. The van der Waals surface area contributed by atoms with Crippen LogP contribution in [0.25, 0.3) is 0 Å². The summed E-state index contributed by atoms with van der Waals surface area (Å²) in [4.78, 5) is 22.1. The van der Waals surface area contributed by atoms with E-state index in [0.29, 0.717) is 6.42 Å². The maximum absolute atomic E-state index is 11.5. The summed E-state index contributed by atoms with van der Waals surface area (Å²) in [6.45, 7) is 3.26.